The summed E-state index contributed by atoms with van der Waals surface area (Å²) in [5.41, 5.74) is -0.0333. The number of carboxylic acids is 1. The molecule has 0 aliphatic rings. The van der Waals surface area contributed by atoms with Gasteiger partial charge < -0.3 is 15.7 Å². The van der Waals surface area contributed by atoms with Gasteiger partial charge >= 0.3 is 5.97 Å². The van der Waals surface area contributed by atoms with Crippen molar-refractivity contribution in [3.63, 3.8) is 0 Å². The number of amides is 1. The van der Waals surface area contributed by atoms with E-state index in [4.69, 9.17) is 5.11 Å². The Morgan fingerprint density at radius 3 is 2.05 bits per heavy atom. The van der Waals surface area contributed by atoms with Crippen molar-refractivity contribution < 1.29 is 14.7 Å². The lowest BCUT2D eigenvalue weighted by molar-refractivity contribution is -0.137. The average molecular weight is 286 g/mol. The molecule has 0 aromatic rings. The predicted octanol–water partition coefficient (Wildman–Crippen LogP) is 2.16. The van der Waals surface area contributed by atoms with Gasteiger partial charge in [-0.1, -0.05) is 13.8 Å². The van der Waals surface area contributed by atoms with Crippen LogP contribution in [0.4, 0.5) is 0 Å². The number of rotatable bonds is 9. The van der Waals surface area contributed by atoms with Gasteiger partial charge in [-0.2, -0.15) is 0 Å². The highest BCUT2D eigenvalue weighted by atomic mass is 16.4. The molecule has 20 heavy (non-hydrogen) atoms. The van der Waals surface area contributed by atoms with Crippen LogP contribution in [0.25, 0.3) is 0 Å². The fraction of sp³-hybridized carbons (Fsp3) is 0.867. The van der Waals surface area contributed by atoms with Crippen LogP contribution in [-0.4, -0.2) is 35.6 Å². The van der Waals surface area contributed by atoms with Crippen molar-refractivity contribution in [3.05, 3.63) is 0 Å². The smallest absolute Gasteiger partial charge is 0.303 e. The molecule has 0 fully saturated rings. The Kier molecular flexibility index (Phi) is 7.79. The summed E-state index contributed by atoms with van der Waals surface area (Å²) in [6, 6.07) is 0. The van der Waals surface area contributed by atoms with Gasteiger partial charge in [0, 0.05) is 31.5 Å². The van der Waals surface area contributed by atoms with E-state index in [1.165, 1.54) is 0 Å². The molecule has 0 saturated heterocycles. The van der Waals surface area contributed by atoms with Gasteiger partial charge in [-0.05, 0) is 39.0 Å². The Bertz CT molecular complexity index is 320. The first kappa shape index (κ1) is 18.9. The molecule has 0 rings (SSSR count). The van der Waals surface area contributed by atoms with Crippen LogP contribution >= 0.6 is 0 Å². The zero-order valence-electron chi connectivity index (χ0n) is 13.5. The average Bonchev–Trinajstić information content (AvgIpc) is 2.24. The molecular formula is C15H30N2O3. The highest BCUT2D eigenvalue weighted by Crippen LogP contribution is 2.25. The second-order valence-corrected chi connectivity index (χ2v) is 7.08. The summed E-state index contributed by atoms with van der Waals surface area (Å²) < 4.78 is 0. The zero-order chi connectivity index (χ0) is 15.8. The van der Waals surface area contributed by atoms with Gasteiger partial charge in [0.05, 0.1) is 0 Å². The van der Waals surface area contributed by atoms with E-state index in [1.807, 2.05) is 13.8 Å². The van der Waals surface area contributed by atoms with Crippen molar-refractivity contribution >= 4 is 11.9 Å². The minimum atomic E-state index is -0.768. The molecule has 5 nitrogen and oxygen atoms in total. The van der Waals surface area contributed by atoms with Crippen LogP contribution in [0.2, 0.25) is 0 Å². The third-order valence-corrected chi connectivity index (χ3v) is 3.15. The van der Waals surface area contributed by atoms with Crippen LogP contribution in [-0.2, 0) is 9.59 Å². The summed E-state index contributed by atoms with van der Waals surface area (Å²) in [7, 11) is 0. The van der Waals surface area contributed by atoms with Gasteiger partial charge in [0.25, 0.3) is 0 Å². The van der Waals surface area contributed by atoms with Crippen molar-refractivity contribution in [3.8, 4) is 0 Å². The lowest BCUT2D eigenvalue weighted by Crippen LogP contribution is -2.38. The van der Waals surface area contributed by atoms with E-state index >= 15 is 0 Å². The quantitative estimate of drug-likeness (QED) is 0.607. The fourth-order valence-electron chi connectivity index (χ4n) is 1.75. The van der Waals surface area contributed by atoms with Gasteiger partial charge in [-0.15, -0.1) is 0 Å². The summed E-state index contributed by atoms with van der Waals surface area (Å²) in [6.45, 7) is 11.5. The normalized spacial score (nSPS) is 12.2. The summed E-state index contributed by atoms with van der Waals surface area (Å²) in [6.07, 6.45) is 2.06. The molecule has 0 aromatic heterocycles. The Morgan fingerprint density at radius 1 is 0.950 bits per heavy atom. The number of carbonyl (C=O) groups excluding carboxylic acids is 1. The maximum Gasteiger partial charge on any atom is 0.303 e. The Labute approximate surface area is 122 Å². The lowest BCUT2D eigenvalue weighted by atomic mass is 9.84. The SMILES string of the molecule is CC(C)(CCNC(=O)CCNC(C)(C)C)CCC(=O)O. The van der Waals surface area contributed by atoms with E-state index in [0.717, 1.165) is 6.42 Å². The largest absolute Gasteiger partial charge is 0.481 e. The molecule has 0 aromatic carbocycles. The fourth-order valence-corrected chi connectivity index (χ4v) is 1.75. The number of hydrogen-bond donors (Lipinski definition) is 3. The number of carboxylic acid groups (broad SMARTS) is 1. The minimum absolute atomic E-state index is 0.0269. The molecule has 0 aliphatic carbocycles. The lowest BCUT2D eigenvalue weighted by Gasteiger charge is -2.24. The van der Waals surface area contributed by atoms with Gasteiger partial charge in [0.15, 0.2) is 0 Å². The van der Waals surface area contributed by atoms with E-state index in [-0.39, 0.29) is 23.3 Å². The zero-order valence-corrected chi connectivity index (χ0v) is 13.5. The molecule has 0 saturated carbocycles. The maximum atomic E-state index is 11.6. The minimum Gasteiger partial charge on any atom is -0.481 e. The van der Waals surface area contributed by atoms with Crippen molar-refractivity contribution in [1.82, 2.24) is 10.6 Å². The summed E-state index contributed by atoms with van der Waals surface area (Å²) in [4.78, 5) is 22.2. The molecule has 0 unspecified atom stereocenters. The molecule has 0 bridgehead atoms. The number of aliphatic carboxylic acids is 1. The van der Waals surface area contributed by atoms with Gasteiger partial charge in [0.1, 0.15) is 0 Å². The molecule has 3 N–H and O–H groups in total. The summed E-state index contributed by atoms with van der Waals surface area (Å²) >= 11 is 0. The highest BCUT2D eigenvalue weighted by Gasteiger charge is 2.19. The number of nitrogens with one attached hydrogen (secondary N) is 2. The van der Waals surface area contributed by atoms with Crippen LogP contribution < -0.4 is 10.6 Å². The van der Waals surface area contributed by atoms with Crippen LogP contribution in [0.15, 0.2) is 0 Å². The Hall–Kier alpha value is -1.10. The monoisotopic (exact) mass is 286 g/mol. The second kappa shape index (κ2) is 8.25. The van der Waals surface area contributed by atoms with Crippen LogP contribution in [0.5, 0.6) is 0 Å². The number of carbonyl (C=O) groups is 2. The molecule has 0 radical (unpaired) electrons. The van der Waals surface area contributed by atoms with Gasteiger partial charge in [0.2, 0.25) is 5.91 Å². The molecular weight excluding hydrogens is 256 g/mol. The predicted molar refractivity (Wildman–Crippen MR) is 80.7 cm³/mol. The molecule has 0 aliphatic heterocycles. The van der Waals surface area contributed by atoms with Crippen molar-refractivity contribution in [2.24, 2.45) is 5.41 Å². The number of hydrogen-bond acceptors (Lipinski definition) is 3. The standard InChI is InChI=1S/C15H30N2O3/c1-14(2,3)17-10-7-12(18)16-11-9-15(4,5)8-6-13(19)20/h17H,6-11H2,1-5H3,(H,16,18)(H,19,20). The summed E-state index contributed by atoms with van der Waals surface area (Å²) in [5, 5.41) is 14.8. The first-order valence-electron chi connectivity index (χ1n) is 7.25. The van der Waals surface area contributed by atoms with E-state index < -0.39 is 5.97 Å². The van der Waals surface area contributed by atoms with E-state index in [0.29, 0.717) is 25.9 Å². The van der Waals surface area contributed by atoms with Crippen LogP contribution in [0.3, 0.4) is 0 Å². The molecule has 0 spiro atoms. The molecule has 118 valence electrons. The molecule has 1 amide bonds. The Balaban J connectivity index is 3.77. The van der Waals surface area contributed by atoms with Crippen molar-refractivity contribution in [2.45, 2.75) is 65.8 Å². The first-order valence-corrected chi connectivity index (χ1v) is 7.25. The molecule has 5 heteroatoms. The second-order valence-electron chi connectivity index (χ2n) is 7.08. The summed E-state index contributed by atoms with van der Waals surface area (Å²) in [5.74, 6) is -0.730. The van der Waals surface area contributed by atoms with E-state index in [9.17, 15) is 9.59 Å². The van der Waals surface area contributed by atoms with Crippen molar-refractivity contribution in [2.75, 3.05) is 13.1 Å². The first-order chi connectivity index (χ1) is 9.02. The molecule has 0 atom stereocenters. The van der Waals surface area contributed by atoms with Gasteiger partial charge in [-0.25, -0.2) is 0 Å². The van der Waals surface area contributed by atoms with Crippen molar-refractivity contribution in [1.29, 1.82) is 0 Å². The Morgan fingerprint density at radius 2 is 1.55 bits per heavy atom. The van der Waals surface area contributed by atoms with Crippen LogP contribution in [0, 0.1) is 5.41 Å². The highest BCUT2D eigenvalue weighted by molar-refractivity contribution is 5.76. The topological polar surface area (TPSA) is 78.4 Å². The third kappa shape index (κ3) is 12.0. The van der Waals surface area contributed by atoms with Crippen LogP contribution in [0.1, 0.15) is 60.3 Å². The van der Waals surface area contributed by atoms with Gasteiger partial charge in [-0.3, -0.25) is 9.59 Å². The molecule has 0 heterocycles. The van der Waals surface area contributed by atoms with E-state index in [2.05, 4.69) is 31.4 Å². The third-order valence-electron chi connectivity index (χ3n) is 3.15. The van der Waals surface area contributed by atoms with E-state index in [1.54, 1.807) is 0 Å². The maximum absolute atomic E-state index is 11.6.